The number of nitrogens with one attached hydrogen (secondary N) is 1. The van der Waals surface area contributed by atoms with Crippen molar-refractivity contribution < 1.29 is 0 Å². The first-order valence-electron chi connectivity index (χ1n) is 7.48. The van der Waals surface area contributed by atoms with Gasteiger partial charge in [-0.2, -0.15) is 0 Å². The summed E-state index contributed by atoms with van der Waals surface area (Å²) in [5, 5.41) is 0. The van der Waals surface area contributed by atoms with E-state index in [1.165, 1.54) is 23.2 Å². The molecule has 0 aliphatic heterocycles. The van der Waals surface area contributed by atoms with Crippen LogP contribution in [0.3, 0.4) is 0 Å². The van der Waals surface area contributed by atoms with E-state index in [4.69, 9.17) is 0 Å². The lowest BCUT2D eigenvalue weighted by Crippen LogP contribution is -2.60. The Kier molecular flexibility index (Phi) is 4.02. The van der Waals surface area contributed by atoms with Crippen LogP contribution in [0.1, 0.15) is 51.3 Å². The number of benzene rings is 1. The third kappa shape index (κ3) is 2.85. The van der Waals surface area contributed by atoms with Crippen molar-refractivity contribution in [2.45, 2.75) is 57.8 Å². The lowest BCUT2D eigenvalue weighted by molar-refractivity contribution is 0.504. The van der Waals surface area contributed by atoms with Crippen LogP contribution in [-0.4, -0.2) is 13.8 Å². The zero-order valence-corrected chi connectivity index (χ0v) is 14.0. The van der Waals surface area contributed by atoms with E-state index >= 15 is 0 Å². The third-order valence-electron chi connectivity index (χ3n) is 4.28. The summed E-state index contributed by atoms with van der Waals surface area (Å²) >= 11 is 0. The van der Waals surface area contributed by atoms with Gasteiger partial charge >= 0.3 is 0 Å². The van der Waals surface area contributed by atoms with Crippen LogP contribution in [0, 0.1) is 0 Å². The Labute approximate surface area is 119 Å². The molecule has 0 spiro atoms. The Morgan fingerprint density at radius 1 is 1.11 bits per heavy atom. The van der Waals surface area contributed by atoms with Crippen molar-refractivity contribution in [2.24, 2.45) is 0 Å². The molecule has 0 saturated heterocycles. The molecular formula is C17H27NSi. The summed E-state index contributed by atoms with van der Waals surface area (Å²) in [6.45, 7) is 11.6. The first kappa shape index (κ1) is 14.5. The standard InChI is InChI=1S/C17H27NSi/c1-6-19(7-2,18-17(3,4)5)16-13-12-14-10-8-9-11-15(14)16/h8-13,16,18H,6-7H2,1-5H3. The van der Waals surface area contributed by atoms with Crippen molar-refractivity contribution in [1.29, 1.82) is 0 Å². The maximum absolute atomic E-state index is 4.04. The molecule has 0 fully saturated rings. The topological polar surface area (TPSA) is 12.0 Å². The second kappa shape index (κ2) is 5.26. The minimum absolute atomic E-state index is 0.198. The van der Waals surface area contributed by atoms with Crippen molar-refractivity contribution in [3.8, 4) is 0 Å². The van der Waals surface area contributed by atoms with Crippen LogP contribution in [0.15, 0.2) is 30.3 Å². The van der Waals surface area contributed by atoms with Crippen molar-refractivity contribution in [3.05, 3.63) is 41.5 Å². The molecule has 1 unspecified atom stereocenters. The predicted molar refractivity (Wildman–Crippen MR) is 87.8 cm³/mol. The second-order valence-corrected chi connectivity index (χ2v) is 11.3. The molecule has 1 aliphatic carbocycles. The van der Waals surface area contributed by atoms with E-state index in [1.54, 1.807) is 0 Å². The average molecular weight is 273 g/mol. The Balaban J connectivity index is 2.39. The fourth-order valence-electron chi connectivity index (χ4n) is 3.42. The van der Waals surface area contributed by atoms with Gasteiger partial charge in [-0.25, -0.2) is 0 Å². The van der Waals surface area contributed by atoms with Crippen LogP contribution in [0.4, 0.5) is 0 Å². The van der Waals surface area contributed by atoms with Crippen LogP contribution in [0.2, 0.25) is 12.1 Å². The van der Waals surface area contributed by atoms with Crippen molar-refractivity contribution in [3.63, 3.8) is 0 Å². The van der Waals surface area contributed by atoms with Crippen LogP contribution in [-0.2, 0) is 0 Å². The zero-order valence-electron chi connectivity index (χ0n) is 13.0. The Hall–Kier alpha value is -0.863. The van der Waals surface area contributed by atoms with E-state index in [0.717, 1.165) is 0 Å². The molecule has 1 aromatic rings. The maximum atomic E-state index is 4.04. The molecule has 0 aromatic heterocycles. The van der Waals surface area contributed by atoms with E-state index in [0.29, 0.717) is 5.54 Å². The van der Waals surface area contributed by atoms with Gasteiger partial charge in [0.2, 0.25) is 0 Å². The first-order chi connectivity index (χ1) is 8.92. The quantitative estimate of drug-likeness (QED) is 0.783. The molecule has 0 bridgehead atoms. The summed E-state index contributed by atoms with van der Waals surface area (Å²) < 4.78 is 0. The molecule has 2 heteroatoms. The van der Waals surface area contributed by atoms with Crippen LogP contribution in [0.5, 0.6) is 0 Å². The Morgan fingerprint density at radius 2 is 1.74 bits per heavy atom. The van der Waals surface area contributed by atoms with Gasteiger partial charge < -0.3 is 4.98 Å². The summed E-state index contributed by atoms with van der Waals surface area (Å²) in [7, 11) is -1.53. The normalized spacial score (nSPS) is 18.7. The highest BCUT2D eigenvalue weighted by Crippen LogP contribution is 2.39. The number of allylic oxidation sites excluding steroid dienone is 1. The maximum Gasteiger partial charge on any atom is 0.136 e. The molecule has 19 heavy (non-hydrogen) atoms. The molecule has 1 aromatic carbocycles. The summed E-state index contributed by atoms with van der Waals surface area (Å²) in [4.78, 5) is 4.04. The Morgan fingerprint density at radius 3 is 2.32 bits per heavy atom. The van der Waals surface area contributed by atoms with Gasteiger partial charge in [-0.15, -0.1) is 0 Å². The minimum Gasteiger partial charge on any atom is -0.332 e. The average Bonchev–Trinajstić information content (AvgIpc) is 2.79. The van der Waals surface area contributed by atoms with Crippen LogP contribution < -0.4 is 4.98 Å². The summed E-state index contributed by atoms with van der Waals surface area (Å²) in [6, 6.07) is 11.4. The third-order valence-corrected chi connectivity index (χ3v) is 9.75. The first-order valence-corrected chi connectivity index (χ1v) is 9.97. The van der Waals surface area contributed by atoms with Crippen molar-refractivity contribution in [1.82, 2.24) is 4.98 Å². The monoisotopic (exact) mass is 273 g/mol. The molecule has 0 amide bonds. The zero-order chi connectivity index (χ0) is 14.1. The van der Waals surface area contributed by atoms with Crippen LogP contribution >= 0.6 is 0 Å². The highest BCUT2D eigenvalue weighted by molar-refractivity contribution is 6.79. The van der Waals surface area contributed by atoms with Gasteiger partial charge in [0.25, 0.3) is 0 Å². The van der Waals surface area contributed by atoms with E-state index in [-0.39, 0.29) is 5.54 Å². The van der Waals surface area contributed by atoms with Gasteiger partial charge in [-0.3, -0.25) is 0 Å². The molecule has 0 saturated carbocycles. The lowest BCUT2D eigenvalue weighted by Gasteiger charge is -2.42. The van der Waals surface area contributed by atoms with Gasteiger partial charge in [-0.05, 0) is 44.0 Å². The van der Waals surface area contributed by atoms with Gasteiger partial charge in [0.05, 0.1) is 0 Å². The van der Waals surface area contributed by atoms with E-state index in [2.05, 4.69) is 76.0 Å². The molecule has 1 aliphatic rings. The predicted octanol–water partition coefficient (Wildman–Crippen LogP) is 4.71. The minimum atomic E-state index is -1.53. The Bertz CT molecular complexity index is 466. The van der Waals surface area contributed by atoms with E-state index < -0.39 is 8.24 Å². The molecule has 2 rings (SSSR count). The van der Waals surface area contributed by atoms with Gasteiger partial charge in [0.15, 0.2) is 0 Å². The second-order valence-electron chi connectivity index (χ2n) is 6.70. The van der Waals surface area contributed by atoms with Crippen molar-refractivity contribution >= 4 is 14.3 Å². The number of hydrogen-bond donors (Lipinski definition) is 1. The van der Waals surface area contributed by atoms with Crippen molar-refractivity contribution in [2.75, 3.05) is 0 Å². The molecule has 0 radical (unpaired) electrons. The van der Waals surface area contributed by atoms with Gasteiger partial charge in [0.1, 0.15) is 8.24 Å². The highest BCUT2D eigenvalue weighted by Gasteiger charge is 2.42. The summed E-state index contributed by atoms with van der Waals surface area (Å²) in [6.07, 6.45) is 4.76. The number of fused-ring (bicyclic) bond motifs is 1. The van der Waals surface area contributed by atoms with Crippen LogP contribution in [0.25, 0.3) is 6.08 Å². The highest BCUT2D eigenvalue weighted by atomic mass is 28.3. The van der Waals surface area contributed by atoms with E-state index in [9.17, 15) is 0 Å². The van der Waals surface area contributed by atoms with Gasteiger partial charge in [0, 0.05) is 11.1 Å². The number of rotatable bonds is 4. The molecule has 1 N–H and O–H groups in total. The van der Waals surface area contributed by atoms with Gasteiger partial charge in [-0.1, -0.05) is 50.3 Å². The molecule has 1 nitrogen and oxygen atoms in total. The SMILES string of the molecule is CC[Si](CC)(NC(C)(C)C)C1C=Cc2ccccc21. The number of hydrogen-bond acceptors (Lipinski definition) is 1. The molecule has 1 atom stereocenters. The summed E-state index contributed by atoms with van der Waals surface area (Å²) in [5.41, 5.74) is 3.78. The largest absolute Gasteiger partial charge is 0.332 e. The fraction of sp³-hybridized carbons (Fsp3) is 0.529. The lowest BCUT2D eigenvalue weighted by atomic mass is 10.1. The molecule has 0 heterocycles. The smallest absolute Gasteiger partial charge is 0.136 e. The summed E-state index contributed by atoms with van der Waals surface area (Å²) in [5.74, 6) is 0. The molecular weight excluding hydrogens is 246 g/mol. The fourth-order valence-corrected chi connectivity index (χ4v) is 8.13. The molecule has 104 valence electrons. The van der Waals surface area contributed by atoms with E-state index in [1.807, 2.05) is 0 Å².